The van der Waals surface area contributed by atoms with E-state index in [-0.39, 0.29) is 6.42 Å². The highest BCUT2D eigenvalue weighted by Gasteiger charge is 2.32. The second kappa shape index (κ2) is 12.6. The highest BCUT2D eigenvalue weighted by molar-refractivity contribution is 6.57. The quantitative estimate of drug-likeness (QED) is 0.236. The molecule has 1 aromatic rings. The van der Waals surface area contributed by atoms with Crippen molar-refractivity contribution in [3.8, 4) is 0 Å². The lowest BCUT2D eigenvalue weighted by atomic mass is 10.0. The molecule has 7 heteroatoms. The lowest BCUT2D eigenvalue weighted by molar-refractivity contribution is -0.138. The van der Waals surface area contributed by atoms with Gasteiger partial charge in [-0.25, -0.2) is 4.79 Å². The smallest absolute Gasteiger partial charge is 0.416 e. The van der Waals surface area contributed by atoms with Gasteiger partial charge in [0.15, 0.2) is 0 Å². The van der Waals surface area contributed by atoms with Crippen LogP contribution in [0.15, 0.2) is 24.3 Å². The predicted molar refractivity (Wildman–Crippen MR) is 108 cm³/mol. The Balaban J connectivity index is 1.98. The van der Waals surface area contributed by atoms with E-state index in [9.17, 15) is 18.0 Å². The molecule has 0 spiro atoms. The van der Waals surface area contributed by atoms with E-state index in [0.717, 1.165) is 69.4 Å². The number of carboxylic acid groups (broad SMARTS) is 1. The normalized spacial score (nSPS) is 12.3. The Kier molecular flexibility index (Phi) is 11.3. The Labute approximate surface area is 175 Å². The van der Waals surface area contributed by atoms with Gasteiger partial charge in [0.05, 0.1) is 5.56 Å². The highest BCUT2D eigenvalue weighted by atomic mass is 35.5. The second-order valence-corrected chi connectivity index (χ2v) is 8.73. The summed E-state index contributed by atoms with van der Waals surface area (Å²) in [7, 11) is 0. The second-order valence-electron chi connectivity index (χ2n) is 7.24. The first-order valence-corrected chi connectivity index (χ1v) is 10.7. The Morgan fingerprint density at radius 3 is 1.86 bits per heavy atom. The number of aliphatic carboxylic acids is 1. The number of alkyl halides is 5. The van der Waals surface area contributed by atoms with Crippen LogP contribution in [0, 0.1) is 0 Å². The summed E-state index contributed by atoms with van der Waals surface area (Å²) in [4.78, 5) is 10.8. The molecule has 2 nitrogen and oxygen atoms in total. The average molecular weight is 441 g/mol. The lowest BCUT2D eigenvalue weighted by Crippen LogP contribution is -2.25. The number of unbranched alkanes of at least 4 members (excludes halogenated alkanes) is 9. The number of hydrogen-bond acceptors (Lipinski definition) is 1. The van der Waals surface area contributed by atoms with Crippen molar-refractivity contribution in [2.45, 2.75) is 87.6 Å². The maximum atomic E-state index is 12.7. The van der Waals surface area contributed by atoms with Crippen LogP contribution in [-0.4, -0.2) is 15.4 Å². The maximum Gasteiger partial charge on any atom is 0.416 e. The molecule has 0 aliphatic rings. The molecular weight excluding hydrogens is 412 g/mol. The molecule has 0 fully saturated rings. The molecular formula is C21H29Cl2F3O2. The van der Waals surface area contributed by atoms with Crippen LogP contribution in [0.25, 0.3) is 0 Å². The zero-order valence-corrected chi connectivity index (χ0v) is 17.6. The van der Waals surface area contributed by atoms with Gasteiger partial charge in [0.1, 0.15) is 0 Å². The van der Waals surface area contributed by atoms with E-state index >= 15 is 0 Å². The van der Waals surface area contributed by atoms with Gasteiger partial charge >= 0.3 is 12.1 Å². The zero-order chi connectivity index (χ0) is 21.0. The van der Waals surface area contributed by atoms with Crippen molar-refractivity contribution in [2.24, 2.45) is 0 Å². The predicted octanol–water partition coefficient (Wildman–Crippen LogP) is 7.80. The van der Waals surface area contributed by atoms with Crippen LogP contribution in [0.2, 0.25) is 0 Å². The average Bonchev–Trinajstić information content (AvgIpc) is 2.62. The standard InChI is InChI=1S/C21H29Cl2F3O2/c22-20(23,19(27)28)15-10-8-6-4-2-1-3-5-7-9-12-17-13-11-14-18(16-17)21(24,25)26/h11,13-14,16H,1-10,12,15H2,(H,27,28). The summed E-state index contributed by atoms with van der Waals surface area (Å²) in [5, 5.41) is 8.80. The molecule has 0 bridgehead atoms. The first kappa shape index (κ1) is 25.1. The van der Waals surface area contributed by atoms with Crippen molar-refractivity contribution in [2.75, 3.05) is 0 Å². The van der Waals surface area contributed by atoms with Gasteiger partial charge in [-0.05, 0) is 37.3 Å². The van der Waals surface area contributed by atoms with Crippen molar-refractivity contribution < 1.29 is 23.1 Å². The van der Waals surface area contributed by atoms with Crippen LogP contribution < -0.4 is 0 Å². The van der Waals surface area contributed by atoms with Gasteiger partial charge in [0.2, 0.25) is 4.33 Å². The van der Waals surface area contributed by atoms with Crippen LogP contribution in [0.1, 0.15) is 81.8 Å². The molecule has 0 radical (unpaired) electrons. The van der Waals surface area contributed by atoms with Crippen LogP contribution in [0.5, 0.6) is 0 Å². The summed E-state index contributed by atoms with van der Waals surface area (Å²) in [5.74, 6) is -1.19. The molecule has 0 atom stereocenters. The minimum atomic E-state index is -4.27. The Hall–Kier alpha value is -0.940. The van der Waals surface area contributed by atoms with Crippen molar-refractivity contribution in [1.82, 2.24) is 0 Å². The molecule has 0 unspecified atom stereocenters. The van der Waals surface area contributed by atoms with Gasteiger partial charge in [-0.2, -0.15) is 13.2 Å². The number of rotatable bonds is 14. The van der Waals surface area contributed by atoms with E-state index in [1.165, 1.54) is 12.1 Å². The van der Waals surface area contributed by atoms with Crippen molar-refractivity contribution in [3.63, 3.8) is 0 Å². The number of benzene rings is 1. The monoisotopic (exact) mass is 440 g/mol. The third kappa shape index (κ3) is 10.6. The van der Waals surface area contributed by atoms with E-state index in [1.54, 1.807) is 6.07 Å². The van der Waals surface area contributed by atoms with E-state index in [2.05, 4.69) is 0 Å². The molecule has 0 heterocycles. The first-order valence-electron chi connectivity index (χ1n) is 9.90. The van der Waals surface area contributed by atoms with E-state index < -0.39 is 22.0 Å². The fourth-order valence-electron chi connectivity index (χ4n) is 3.10. The molecule has 0 amide bonds. The van der Waals surface area contributed by atoms with E-state index in [1.807, 2.05) is 0 Å². The van der Waals surface area contributed by atoms with Gasteiger partial charge in [0, 0.05) is 0 Å². The first-order chi connectivity index (χ1) is 13.1. The van der Waals surface area contributed by atoms with Crippen molar-refractivity contribution >= 4 is 29.2 Å². The van der Waals surface area contributed by atoms with E-state index in [4.69, 9.17) is 28.3 Å². The molecule has 0 aliphatic carbocycles. The van der Waals surface area contributed by atoms with Gasteiger partial charge in [-0.3, -0.25) is 0 Å². The number of carboxylic acids is 1. The SMILES string of the molecule is O=C(O)C(Cl)(Cl)CCCCCCCCCCCCc1cccc(C(F)(F)F)c1. The molecule has 28 heavy (non-hydrogen) atoms. The Morgan fingerprint density at radius 1 is 0.857 bits per heavy atom. The number of hydrogen-bond donors (Lipinski definition) is 1. The van der Waals surface area contributed by atoms with E-state index in [0.29, 0.717) is 12.8 Å². The summed E-state index contributed by atoms with van der Waals surface area (Å²) in [6.45, 7) is 0. The number of aryl methyl sites for hydroxylation is 1. The molecule has 1 N–H and O–H groups in total. The fraction of sp³-hybridized carbons (Fsp3) is 0.667. The zero-order valence-electron chi connectivity index (χ0n) is 16.0. The molecule has 0 aromatic heterocycles. The number of halogens is 5. The van der Waals surface area contributed by atoms with Crippen LogP contribution >= 0.6 is 23.2 Å². The van der Waals surface area contributed by atoms with Gasteiger partial charge in [-0.1, -0.05) is 92.8 Å². The highest BCUT2D eigenvalue weighted by Crippen LogP contribution is 2.30. The summed E-state index contributed by atoms with van der Waals surface area (Å²) >= 11 is 11.4. The van der Waals surface area contributed by atoms with Crippen LogP contribution in [0.4, 0.5) is 13.2 Å². The van der Waals surface area contributed by atoms with Gasteiger partial charge in [0.25, 0.3) is 0 Å². The minimum absolute atomic E-state index is 0.261. The lowest BCUT2D eigenvalue weighted by Gasteiger charge is -2.13. The molecule has 160 valence electrons. The summed E-state index contributed by atoms with van der Waals surface area (Å²) in [6, 6.07) is 5.58. The third-order valence-electron chi connectivity index (χ3n) is 4.77. The molecule has 0 saturated heterocycles. The number of carbonyl (C=O) groups is 1. The summed E-state index contributed by atoms with van der Waals surface area (Å²) in [5.41, 5.74) is 0.173. The Morgan fingerprint density at radius 2 is 1.36 bits per heavy atom. The van der Waals surface area contributed by atoms with Crippen molar-refractivity contribution in [1.29, 1.82) is 0 Å². The summed E-state index contributed by atoms with van der Waals surface area (Å²) < 4.78 is 36.4. The molecule has 0 saturated carbocycles. The fourth-order valence-corrected chi connectivity index (χ4v) is 3.37. The largest absolute Gasteiger partial charge is 0.479 e. The molecule has 1 aromatic carbocycles. The molecule has 1 rings (SSSR count). The minimum Gasteiger partial charge on any atom is -0.479 e. The van der Waals surface area contributed by atoms with Gasteiger partial charge in [-0.15, -0.1) is 0 Å². The maximum absolute atomic E-state index is 12.7. The third-order valence-corrected chi connectivity index (χ3v) is 5.47. The summed E-state index contributed by atoms with van der Waals surface area (Å²) in [6.07, 6.45) is 6.89. The molecule has 0 aliphatic heterocycles. The van der Waals surface area contributed by atoms with Crippen LogP contribution in [-0.2, 0) is 17.4 Å². The topological polar surface area (TPSA) is 37.3 Å². The van der Waals surface area contributed by atoms with Crippen molar-refractivity contribution in [3.05, 3.63) is 35.4 Å². The van der Waals surface area contributed by atoms with Gasteiger partial charge < -0.3 is 5.11 Å². The van der Waals surface area contributed by atoms with Crippen LogP contribution in [0.3, 0.4) is 0 Å². The Bertz CT molecular complexity index is 589.